The molecule has 7 nitrogen and oxygen atoms in total. The van der Waals surface area contributed by atoms with Crippen LogP contribution in [0.5, 0.6) is 5.75 Å². The number of sulfone groups is 1. The number of phenolic OH excluding ortho intramolecular Hbond substituents is 1. The van der Waals surface area contributed by atoms with Crippen LogP contribution in [0, 0.1) is 0 Å². The van der Waals surface area contributed by atoms with E-state index < -0.39 is 26.1 Å². The molecule has 1 heterocycles. The fourth-order valence-corrected chi connectivity index (χ4v) is 3.07. The predicted octanol–water partition coefficient (Wildman–Crippen LogP) is 3.40. The molecule has 0 aliphatic heterocycles. The van der Waals surface area contributed by atoms with Crippen molar-refractivity contribution in [3.05, 3.63) is 66.5 Å². The van der Waals surface area contributed by atoms with E-state index in [4.69, 9.17) is 0 Å². The van der Waals surface area contributed by atoms with Crippen LogP contribution in [0.1, 0.15) is 10.4 Å². The minimum atomic E-state index is -5.48. The summed E-state index contributed by atoms with van der Waals surface area (Å²) in [4.78, 5) is 19.4. The highest BCUT2D eigenvalue weighted by Crippen LogP contribution is 2.30. The van der Waals surface area contributed by atoms with E-state index in [1.807, 2.05) is 0 Å². The zero-order valence-electron chi connectivity index (χ0n) is 14.4. The molecule has 0 radical (unpaired) electrons. The van der Waals surface area contributed by atoms with Gasteiger partial charge in [-0.3, -0.25) is 4.79 Å². The number of aromatic hydroxyl groups is 1. The van der Waals surface area contributed by atoms with Crippen molar-refractivity contribution >= 4 is 21.4 Å². The average molecular weight is 423 g/mol. The molecule has 0 spiro atoms. The number of anilines is 1. The van der Waals surface area contributed by atoms with Gasteiger partial charge in [0.25, 0.3) is 15.7 Å². The Morgan fingerprint density at radius 3 is 2.17 bits per heavy atom. The normalized spacial score (nSPS) is 11.8. The first-order valence-electron chi connectivity index (χ1n) is 7.92. The van der Waals surface area contributed by atoms with Gasteiger partial charge in [-0.05, 0) is 36.4 Å². The lowest BCUT2D eigenvalue weighted by atomic mass is 10.2. The molecule has 0 atom stereocenters. The predicted molar refractivity (Wildman–Crippen MR) is 96.8 cm³/mol. The monoisotopic (exact) mass is 423 g/mol. The lowest BCUT2D eigenvalue weighted by molar-refractivity contribution is -0.0436. The Kier molecular flexibility index (Phi) is 5.25. The molecule has 0 aliphatic rings. The lowest BCUT2D eigenvalue weighted by Gasteiger charge is -2.09. The molecule has 0 saturated heterocycles. The SMILES string of the molecule is O=C(Nc1cnc(-c2cccc(O)c2)nc1)c1ccc(S(=O)(=O)C(F)(F)F)cc1. The van der Waals surface area contributed by atoms with Gasteiger partial charge in [-0.15, -0.1) is 0 Å². The number of phenols is 1. The highest BCUT2D eigenvalue weighted by molar-refractivity contribution is 7.92. The van der Waals surface area contributed by atoms with E-state index in [1.54, 1.807) is 12.1 Å². The minimum absolute atomic E-state index is 0.0412. The number of rotatable bonds is 4. The van der Waals surface area contributed by atoms with Crippen LogP contribution in [0.25, 0.3) is 11.4 Å². The molecule has 0 fully saturated rings. The van der Waals surface area contributed by atoms with Crippen LogP contribution in [0.2, 0.25) is 0 Å². The molecule has 0 aliphatic carbocycles. The number of aromatic nitrogens is 2. The second-order valence-electron chi connectivity index (χ2n) is 5.77. The molecular formula is C18H12F3N3O4S. The number of alkyl halides is 3. The van der Waals surface area contributed by atoms with Crippen molar-refractivity contribution in [2.24, 2.45) is 0 Å². The highest BCUT2D eigenvalue weighted by atomic mass is 32.2. The van der Waals surface area contributed by atoms with Crippen molar-refractivity contribution in [1.82, 2.24) is 9.97 Å². The van der Waals surface area contributed by atoms with Gasteiger partial charge in [0.1, 0.15) is 5.75 Å². The summed E-state index contributed by atoms with van der Waals surface area (Å²) in [5.74, 6) is -0.338. The molecule has 2 N–H and O–H groups in total. The van der Waals surface area contributed by atoms with Crippen LogP contribution >= 0.6 is 0 Å². The third-order valence-electron chi connectivity index (χ3n) is 3.75. The van der Waals surface area contributed by atoms with Crippen molar-refractivity contribution in [1.29, 1.82) is 0 Å². The van der Waals surface area contributed by atoms with Crippen LogP contribution in [-0.2, 0) is 9.84 Å². The van der Waals surface area contributed by atoms with Gasteiger partial charge in [-0.1, -0.05) is 12.1 Å². The Morgan fingerprint density at radius 1 is 1.00 bits per heavy atom. The van der Waals surface area contributed by atoms with Gasteiger partial charge in [-0.2, -0.15) is 13.2 Å². The molecule has 29 heavy (non-hydrogen) atoms. The van der Waals surface area contributed by atoms with Crippen molar-refractivity contribution in [2.45, 2.75) is 10.4 Å². The van der Waals surface area contributed by atoms with Crippen molar-refractivity contribution < 1.29 is 31.5 Å². The maximum atomic E-state index is 12.5. The highest BCUT2D eigenvalue weighted by Gasteiger charge is 2.46. The Balaban J connectivity index is 1.74. The molecule has 0 saturated carbocycles. The molecular weight excluding hydrogens is 411 g/mol. The summed E-state index contributed by atoms with van der Waals surface area (Å²) >= 11 is 0. The number of amides is 1. The Bertz CT molecular complexity index is 1150. The Hall–Kier alpha value is -3.47. The second kappa shape index (κ2) is 7.51. The molecule has 0 bridgehead atoms. The van der Waals surface area contributed by atoms with Gasteiger partial charge >= 0.3 is 5.51 Å². The minimum Gasteiger partial charge on any atom is -0.508 e. The summed E-state index contributed by atoms with van der Waals surface area (Å²) in [7, 11) is -5.48. The number of nitrogens with zero attached hydrogens (tertiary/aromatic N) is 2. The van der Waals surface area contributed by atoms with E-state index in [-0.39, 0.29) is 17.0 Å². The third kappa shape index (κ3) is 4.35. The zero-order valence-corrected chi connectivity index (χ0v) is 15.2. The van der Waals surface area contributed by atoms with Crippen molar-refractivity contribution in [3.8, 4) is 17.1 Å². The van der Waals surface area contributed by atoms with Crippen molar-refractivity contribution in [2.75, 3.05) is 5.32 Å². The summed E-state index contributed by atoms with van der Waals surface area (Å²) in [6, 6.07) is 9.61. The number of carbonyl (C=O) groups excluding carboxylic acids is 1. The van der Waals surface area contributed by atoms with Crippen LogP contribution in [-0.4, -0.2) is 34.9 Å². The van der Waals surface area contributed by atoms with Crippen LogP contribution in [0.4, 0.5) is 18.9 Å². The van der Waals surface area contributed by atoms with Gasteiger partial charge in [0.2, 0.25) is 0 Å². The van der Waals surface area contributed by atoms with Gasteiger partial charge < -0.3 is 10.4 Å². The number of nitrogens with one attached hydrogen (secondary N) is 1. The summed E-state index contributed by atoms with van der Waals surface area (Å²) in [6.07, 6.45) is 2.62. The first kappa shape index (κ1) is 20.3. The van der Waals surface area contributed by atoms with Gasteiger partial charge in [0.05, 0.1) is 23.0 Å². The summed E-state index contributed by atoms with van der Waals surface area (Å²) in [5.41, 5.74) is -4.70. The smallest absolute Gasteiger partial charge is 0.501 e. The molecule has 3 aromatic rings. The average Bonchev–Trinajstić information content (AvgIpc) is 2.68. The van der Waals surface area contributed by atoms with E-state index in [0.29, 0.717) is 23.5 Å². The van der Waals surface area contributed by atoms with E-state index in [9.17, 15) is 31.5 Å². The number of hydrogen-bond acceptors (Lipinski definition) is 6. The number of halogens is 3. The fraction of sp³-hybridized carbons (Fsp3) is 0.0556. The molecule has 2 aromatic carbocycles. The first-order valence-corrected chi connectivity index (χ1v) is 9.40. The van der Waals surface area contributed by atoms with Gasteiger partial charge in [0, 0.05) is 11.1 Å². The van der Waals surface area contributed by atoms with Crippen molar-refractivity contribution in [3.63, 3.8) is 0 Å². The van der Waals surface area contributed by atoms with E-state index in [0.717, 1.165) is 12.1 Å². The lowest BCUT2D eigenvalue weighted by Crippen LogP contribution is -2.23. The van der Waals surface area contributed by atoms with Gasteiger partial charge in [-0.25, -0.2) is 18.4 Å². The molecule has 11 heteroatoms. The topological polar surface area (TPSA) is 109 Å². The van der Waals surface area contributed by atoms with E-state index >= 15 is 0 Å². The zero-order chi connectivity index (χ0) is 21.2. The molecule has 1 amide bonds. The largest absolute Gasteiger partial charge is 0.508 e. The number of carbonyl (C=O) groups is 1. The van der Waals surface area contributed by atoms with Crippen LogP contribution in [0.3, 0.4) is 0 Å². The standard InChI is InChI=1S/C18H12F3N3O4S/c19-18(20,21)29(27,28)15-6-4-11(5-7-15)17(26)24-13-9-22-16(23-10-13)12-2-1-3-14(25)8-12/h1-10,25H,(H,24,26). The quantitative estimate of drug-likeness (QED) is 0.666. The maximum Gasteiger partial charge on any atom is 0.501 e. The van der Waals surface area contributed by atoms with E-state index in [1.165, 1.54) is 24.5 Å². The fourth-order valence-electron chi connectivity index (χ4n) is 2.31. The molecule has 3 rings (SSSR count). The summed E-state index contributed by atoms with van der Waals surface area (Å²) in [5, 5.41) is 11.9. The number of hydrogen-bond donors (Lipinski definition) is 2. The summed E-state index contributed by atoms with van der Waals surface area (Å²) in [6.45, 7) is 0. The molecule has 0 unspecified atom stereocenters. The maximum absolute atomic E-state index is 12.5. The Labute approximate surface area is 162 Å². The first-order chi connectivity index (χ1) is 13.6. The summed E-state index contributed by atoms with van der Waals surface area (Å²) < 4.78 is 60.3. The van der Waals surface area contributed by atoms with Crippen LogP contribution < -0.4 is 5.32 Å². The second-order valence-corrected chi connectivity index (χ2v) is 7.71. The molecule has 150 valence electrons. The number of benzene rings is 2. The van der Waals surface area contributed by atoms with Crippen LogP contribution in [0.15, 0.2) is 65.8 Å². The third-order valence-corrected chi connectivity index (χ3v) is 5.25. The van der Waals surface area contributed by atoms with E-state index in [2.05, 4.69) is 15.3 Å². The molecule has 1 aromatic heterocycles. The Morgan fingerprint density at radius 2 is 1.62 bits per heavy atom. The van der Waals surface area contributed by atoms with Gasteiger partial charge in [0.15, 0.2) is 5.82 Å².